The minimum absolute atomic E-state index is 0.0802. The van der Waals surface area contributed by atoms with Crippen molar-refractivity contribution < 1.29 is 0 Å². The van der Waals surface area contributed by atoms with Crippen LogP contribution in [0.4, 0.5) is 0 Å². The molecule has 1 aromatic rings. The maximum Gasteiger partial charge on any atom is 0.192 e. The van der Waals surface area contributed by atoms with Gasteiger partial charge in [0.25, 0.3) is 0 Å². The summed E-state index contributed by atoms with van der Waals surface area (Å²) in [6.07, 6.45) is 1.99. The van der Waals surface area contributed by atoms with Crippen molar-refractivity contribution in [1.82, 2.24) is 4.90 Å². The van der Waals surface area contributed by atoms with E-state index < -0.39 is 11.3 Å². The predicted octanol–water partition coefficient (Wildman–Crippen LogP) is 2.87. The van der Waals surface area contributed by atoms with E-state index >= 15 is 0 Å². The molecule has 7 heteroatoms. The van der Waals surface area contributed by atoms with E-state index in [-0.39, 0.29) is 11.6 Å². The normalized spacial score (nSPS) is 25.9. The highest BCUT2D eigenvalue weighted by atomic mass is 79.9. The maximum absolute atomic E-state index is 9.88. The van der Waals surface area contributed by atoms with Gasteiger partial charge in [0, 0.05) is 39.7 Å². The summed E-state index contributed by atoms with van der Waals surface area (Å²) in [7, 11) is 1.99. The Bertz CT molecular complexity index is 862. The summed E-state index contributed by atoms with van der Waals surface area (Å²) in [4.78, 5) is 3.05. The molecular weight excluding hydrogens is 386 g/mol. The highest BCUT2D eigenvalue weighted by molar-refractivity contribution is 9.10. The van der Waals surface area contributed by atoms with Crippen LogP contribution in [0.2, 0.25) is 0 Å². The van der Waals surface area contributed by atoms with Gasteiger partial charge in [-0.2, -0.15) is 15.8 Å². The Morgan fingerprint density at radius 2 is 2.08 bits per heavy atom. The van der Waals surface area contributed by atoms with Gasteiger partial charge in [-0.05, 0) is 34.6 Å². The molecule has 0 fully saturated rings. The number of nitriles is 3. The average Bonchev–Trinajstić information content (AvgIpc) is 3.00. The molecule has 1 aliphatic heterocycles. The molecule has 120 valence electrons. The first-order valence-electron chi connectivity index (χ1n) is 7.34. The Balaban J connectivity index is 2.33. The quantitative estimate of drug-likeness (QED) is 0.781. The first-order chi connectivity index (χ1) is 11.5. The van der Waals surface area contributed by atoms with Crippen molar-refractivity contribution >= 4 is 27.3 Å². The molecule has 2 atom stereocenters. The lowest BCUT2D eigenvalue weighted by molar-refractivity contribution is 0.240. The predicted molar refractivity (Wildman–Crippen MR) is 94.3 cm³/mol. The summed E-state index contributed by atoms with van der Waals surface area (Å²) in [6.45, 7) is 1.40. The molecule has 2 aliphatic rings. The molecule has 0 saturated heterocycles. The van der Waals surface area contributed by atoms with E-state index in [0.29, 0.717) is 12.1 Å². The molecule has 5 nitrogen and oxygen atoms in total. The second kappa shape index (κ2) is 6.07. The molecule has 2 heterocycles. The van der Waals surface area contributed by atoms with Crippen LogP contribution in [0.5, 0.6) is 0 Å². The van der Waals surface area contributed by atoms with Crippen molar-refractivity contribution in [2.75, 3.05) is 20.1 Å². The van der Waals surface area contributed by atoms with Crippen molar-refractivity contribution in [2.45, 2.75) is 5.92 Å². The number of likely N-dealkylation sites (N-methyl/N-ethyl adjacent to an activating group) is 1. The molecule has 0 bridgehead atoms. The fourth-order valence-corrected chi connectivity index (χ4v) is 5.30. The molecule has 0 aromatic carbocycles. The highest BCUT2D eigenvalue weighted by Crippen LogP contribution is 2.55. The van der Waals surface area contributed by atoms with Crippen LogP contribution in [-0.4, -0.2) is 25.0 Å². The molecule has 24 heavy (non-hydrogen) atoms. The fourth-order valence-electron chi connectivity index (χ4n) is 3.62. The maximum atomic E-state index is 9.88. The Hall–Kier alpha value is -2.11. The van der Waals surface area contributed by atoms with Gasteiger partial charge in [0.1, 0.15) is 6.07 Å². The molecule has 0 amide bonds. The Kier molecular flexibility index (Phi) is 4.24. The third kappa shape index (κ3) is 2.27. The number of rotatable bonds is 1. The second-order valence-corrected chi connectivity index (χ2v) is 7.92. The Morgan fingerprint density at radius 1 is 1.38 bits per heavy atom. The molecule has 0 radical (unpaired) electrons. The topological polar surface area (TPSA) is 101 Å². The lowest BCUT2D eigenvalue weighted by Gasteiger charge is -2.44. The SMILES string of the molecule is CN1CC=C2C(C#N)=C(N)C(C#N)(C#N)[C@H](c3cc(Br)cs3)[C@@H]2C1. The van der Waals surface area contributed by atoms with Crippen LogP contribution >= 0.6 is 27.3 Å². The van der Waals surface area contributed by atoms with E-state index in [2.05, 4.69) is 39.0 Å². The van der Waals surface area contributed by atoms with Crippen LogP contribution in [0.3, 0.4) is 0 Å². The number of hydrogen-bond acceptors (Lipinski definition) is 6. The van der Waals surface area contributed by atoms with Gasteiger partial charge in [-0.3, -0.25) is 0 Å². The van der Waals surface area contributed by atoms with E-state index in [1.165, 1.54) is 11.3 Å². The number of nitrogens with two attached hydrogens (primary N) is 1. The molecule has 2 N–H and O–H groups in total. The van der Waals surface area contributed by atoms with E-state index in [0.717, 1.165) is 21.5 Å². The lowest BCUT2D eigenvalue weighted by atomic mass is 9.59. The highest BCUT2D eigenvalue weighted by Gasteiger charge is 2.54. The van der Waals surface area contributed by atoms with Crippen LogP contribution in [0, 0.1) is 45.3 Å². The van der Waals surface area contributed by atoms with Crippen molar-refractivity contribution in [3.05, 3.63) is 43.7 Å². The first-order valence-corrected chi connectivity index (χ1v) is 9.01. The molecule has 3 rings (SSSR count). The standard InChI is InChI=1S/C17H14BrN5S/c1-23-3-2-11-12(5-19)16(22)17(8-20,9-21)15(13(11)6-23)14-4-10(18)7-24-14/h2,4,7,13,15H,3,6,22H2,1H3/t13-,15+/m1/s1. The van der Waals surface area contributed by atoms with Crippen LogP contribution in [0.1, 0.15) is 10.8 Å². The minimum atomic E-state index is -1.53. The number of nitrogens with zero attached hydrogens (tertiary/aromatic N) is 4. The number of hydrogen-bond donors (Lipinski definition) is 1. The summed E-state index contributed by atoms with van der Waals surface area (Å²) in [5, 5.41) is 31.3. The summed E-state index contributed by atoms with van der Waals surface area (Å²) in [5.41, 5.74) is 5.92. The van der Waals surface area contributed by atoms with Gasteiger partial charge in [-0.1, -0.05) is 6.08 Å². The molecule has 1 aromatic heterocycles. The minimum Gasteiger partial charge on any atom is -0.399 e. The van der Waals surface area contributed by atoms with E-state index in [4.69, 9.17) is 5.73 Å². The lowest BCUT2D eigenvalue weighted by Crippen LogP contribution is -2.47. The first kappa shape index (κ1) is 16.7. The van der Waals surface area contributed by atoms with E-state index in [9.17, 15) is 15.8 Å². The molecule has 0 saturated carbocycles. The van der Waals surface area contributed by atoms with E-state index in [1.54, 1.807) is 0 Å². The molecule has 0 spiro atoms. The van der Waals surface area contributed by atoms with Gasteiger partial charge < -0.3 is 10.6 Å². The molecule has 0 unspecified atom stereocenters. The van der Waals surface area contributed by atoms with Crippen LogP contribution in [0.15, 0.2) is 38.8 Å². The van der Waals surface area contributed by atoms with E-state index in [1.807, 2.05) is 24.6 Å². The third-order valence-corrected chi connectivity index (χ3v) is 6.52. The van der Waals surface area contributed by atoms with Crippen LogP contribution < -0.4 is 5.73 Å². The number of halogens is 1. The number of allylic oxidation sites excluding steroid dienone is 2. The second-order valence-electron chi connectivity index (χ2n) is 6.06. The summed E-state index contributed by atoms with van der Waals surface area (Å²) in [6, 6.07) is 8.34. The average molecular weight is 400 g/mol. The van der Waals surface area contributed by atoms with Crippen molar-refractivity contribution in [3.63, 3.8) is 0 Å². The summed E-state index contributed by atoms with van der Waals surface area (Å²) < 4.78 is 0.913. The summed E-state index contributed by atoms with van der Waals surface area (Å²) in [5.74, 6) is -0.509. The van der Waals surface area contributed by atoms with Crippen LogP contribution in [-0.2, 0) is 0 Å². The van der Waals surface area contributed by atoms with Gasteiger partial charge in [0.05, 0.1) is 23.4 Å². The number of fused-ring (bicyclic) bond motifs is 1. The monoisotopic (exact) mass is 399 g/mol. The van der Waals surface area contributed by atoms with Crippen molar-refractivity contribution in [3.8, 4) is 18.2 Å². The van der Waals surface area contributed by atoms with Gasteiger partial charge in [-0.15, -0.1) is 11.3 Å². The van der Waals surface area contributed by atoms with Gasteiger partial charge in [0.15, 0.2) is 5.41 Å². The summed E-state index contributed by atoms with van der Waals surface area (Å²) >= 11 is 4.95. The van der Waals surface area contributed by atoms with Crippen molar-refractivity contribution in [2.24, 2.45) is 17.1 Å². The van der Waals surface area contributed by atoms with Crippen LogP contribution in [0.25, 0.3) is 0 Å². The van der Waals surface area contributed by atoms with Gasteiger partial charge in [0.2, 0.25) is 0 Å². The van der Waals surface area contributed by atoms with Gasteiger partial charge >= 0.3 is 0 Å². The smallest absolute Gasteiger partial charge is 0.192 e. The third-order valence-electron chi connectivity index (χ3n) is 4.74. The largest absolute Gasteiger partial charge is 0.399 e. The molecule has 1 aliphatic carbocycles. The fraction of sp³-hybridized carbons (Fsp3) is 0.353. The zero-order chi connectivity index (χ0) is 17.5. The Morgan fingerprint density at radius 3 is 2.62 bits per heavy atom. The zero-order valence-corrected chi connectivity index (χ0v) is 15.4. The Labute approximate surface area is 153 Å². The van der Waals surface area contributed by atoms with Gasteiger partial charge in [-0.25, -0.2) is 0 Å². The number of thiophene rings is 1. The zero-order valence-electron chi connectivity index (χ0n) is 13.0. The molecular formula is C17H14BrN5S. The van der Waals surface area contributed by atoms with Crippen molar-refractivity contribution in [1.29, 1.82) is 15.8 Å².